The minimum Gasteiger partial charge on any atom is -0.478 e. The number of carboxylic acids is 1. The Morgan fingerprint density at radius 2 is 1.72 bits per heavy atom. The Morgan fingerprint density at radius 3 is 2.22 bits per heavy atom. The molecule has 0 saturated carbocycles. The summed E-state index contributed by atoms with van der Waals surface area (Å²) in [6.07, 6.45) is 2.87. The highest BCUT2D eigenvalue weighted by Gasteiger charge is 2.17. The van der Waals surface area contributed by atoms with Crippen LogP contribution < -0.4 is 5.73 Å². The first-order valence-electron chi connectivity index (χ1n) is 5.34. The Kier molecular flexibility index (Phi) is 3.14. The quantitative estimate of drug-likeness (QED) is 0.850. The molecule has 1 heterocycles. The maximum Gasteiger partial charge on any atom is 0.338 e. The molecule has 0 spiro atoms. The fraction of sp³-hybridized carbons (Fsp3) is 0.0769. The average Bonchev–Trinajstić information content (AvgIpc) is 2.74. The van der Waals surface area contributed by atoms with E-state index < -0.39 is 11.9 Å². The number of carbonyl (C=O) groups excluding carboxylic acids is 1. The molecule has 1 aromatic heterocycles. The minimum absolute atomic E-state index is 0.0263. The monoisotopic (exact) mass is 244 g/mol. The van der Waals surface area contributed by atoms with Crippen molar-refractivity contribution in [2.75, 3.05) is 0 Å². The fourth-order valence-corrected chi connectivity index (χ4v) is 1.76. The van der Waals surface area contributed by atoms with E-state index >= 15 is 0 Å². The first-order chi connectivity index (χ1) is 8.58. The van der Waals surface area contributed by atoms with Gasteiger partial charge in [-0.2, -0.15) is 0 Å². The molecular formula is C13H12N2O3. The Bertz CT molecular complexity index is 556. The van der Waals surface area contributed by atoms with Gasteiger partial charge in [0.25, 0.3) is 5.91 Å². The number of primary amides is 1. The van der Waals surface area contributed by atoms with Crippen molar-refractivity contribution in [1.29, 1.82) is 0 Å². The summed E-state index contributed by atoms with van der Waals surface area (Å²) in [6.45, 7) is 0.494. The Hall–Kier alpha value is -2.56. The lowest BCUT2D eigenvalue weighted by molar-refractivity contribution is 0.0692. The van der Waals surface area contributed by atoms with Gasteiger partial charge >= 0.3 is 5.97 Å². The third-order valence-electron chi connectivity index (χ3n) is 2.58. The molecule has 2 aromatic rings. The van der Waals surface area contributed by atoms with Gasteiger partial charge in [0, 0.05) is 18.9 Å². The van der Waals surface area contributed by atoms with E-state index in [9.17, 15) is 9.59 Å². The van der Waals surface area contributed by atoms with Crippen LogP contribution in [-0.2, 0) is 6.54 Å². The summed E-state index contributed by atoms with van der Waals surface area (Å²) in [5.74, 6) is -1.89. The van der Waals surface area contributed by atoms with Crippen LogP contribution in [0.15, 0.2) is 42.7 Å². The van der Waals surface area contributed by atoms with Crippen molar-refractivity contribution in [1.82, 2.24) is 4.57 Å². The average molecular weight is 244 g/mol. The number of nitrogens with zero attached hydrogens (tertiary/aromatic N) is 1. The predicted molar refractivity (Wildman–Crippen MR) is 65.5 cm³/mol. The summed E-state index contributed by atoms with van der Waals surface area (Å²) < 4.78 is 1.64. The number of carbonyl (C=O) groups is 2. The molecule has 92 valence electrons. The van der Waals surface area contributed by atoms with Crippen LogP contribution in [0.2, 0.25) is 0 Å². The second-order valence-corrected chi connectivity index (χ2v) is 3.91. The van der Waals surface area contributed by atoms with E-state index in [0.717, 1.165) is 5.56 Å². The van der Waals surface area contributed by atoms with Crippen LogP contribution in [0.25, 0.3) is 0 Å². The van der Waals surface area contributed by atoms with E-state index in [1.54, 1.807) is 4.57 Å². The number of hydrogen-bond acceptors (Lipinski definition) is 2. The van der Waals surface area contributed by atoms with Gasteiger partial charge < -0.3 is 15.4 Å². The zero-order chi connectivity index (χ0) is 13.1. The van der Waals surface area contributed by atoms with Gasteiger partial charge in [0.15, 0.2) is 0 Å². The van der Waals surface area contributed by atoms with E-state index in [2.05, 4.69) is 0 Å². The molecule has 0 aliphatic heterocycles. The second-order valence-electron chi connectivity index (χ2n) is 3.91. The molecule has 0 aliphatic rings. The van der Waals surface area contributed by atoms with E-state index in [1.807, 2.05) is 30.3 Å². The topological polar surface area (TPSA) is 85.3 Å². The summed E-state index contributed by atoms with van der Waals surface area (Å²) in [5, 5.41) is 8.97. The summed E-state index contributed by atoms with van der Waals surface area (Å²) in [5.41, 5.74) is 6.11. The molecule has 0 atom stereocenters. The molecule has 3 N–H and O–H groups in total. The number of aromatic carboxylic acids is 1. The third kappa shape index (κ3) is 2.40. The number of rotatable bonds is 4. The Labute approximate surface area is 103 Å². The van der Waals surface area contributed by atoms with Crippen molar-refractivity contribution in [3.05, 3.63) is 59.4 Å². The summed E-state index contributed by atoms with van der Waals surface area (Å²) in [6, 6.07) is 9.53. The van der Waals surface area contributed by atoms with Crippen LogP contribution in [0, 0.1) is 0 Å². The number of nitrogens with two attached hydrogens (primary N) is 1. The maximum atomic E-state index is 11.1. The lowest BCUT2D eigenvalue weighted by Crippen LogP contribution is -2.14. The van der Waals surface area contributed by atoms with Crippen molar-refractivity contribution < 1.29 is 14.7 Å². The van der Waals surface area contributed by atoms with Gasteiger partial charge in [0.2, 0.25) is 0 Å². The molecule has 0 saturated heterocycles. The molecule has 5 nitrogen and oxygen atoms in total. The minimum atomic E-state index is -1.16. The molecule has 0 radical (unpaired) electrons. The molecule has 18 heavy (non-hydrogen) atoms. The molecular weight excluding hydrogens is 232 g/mol. The van der Waals surface area contributed by atoms with Crippen molar-refractivity contribution >= 4 is 11.9 Å². The van der Waals surface area contributed by atoms with Gasteiger partial charge in [0.1, 0.15) is 0 Å². The van der Waals surface area contributed by atoms with E-state index in [4.69, 9.17) is 10.8 Å². The number of aromatic nitrogens is 1. The van der Waals surface area contributed by atoms with Crippen molar-refractivity contribution in [3.8, 4) is 0 Å². The van der Waals surface area contributed by atoms with Gasteiger partial charge in [-0.15, -0.1) is 0 Å². The van der Waals surface area contributed by atoms with Crippen LogP contribution in [0.1, 0.15) is 26.3 Å². The molecule has 2 rings (SSSR count). The first-order valence-corrected chi connectivity index (χ1v) is 5.34. The molecule has 1 aromatic carbocycles. The highest BCUT2D eigenvalue weighted by molar-refractivity contribution is 6.04. The standard InChI is InChI=1S/C13H12N2O3/c14-12(16)10-7-15(8-11(10)13(17)18)6-9-4-2-1-3-5-9/h1-5,7-8H,6H2,(H2,14,16)(H,17,18). The Morgan fingerprint density at radius 1 is 1.11 bits per heavy atom. The normalized spacial score (nSPS) is 10.2. The predicted octanol–water partition coefficient (Wildman–Crippen LogP) is 1.33. The van der Waals surface area contributed by atoms with Gasteiger partial charge in [-0.05, 0) is 5.56 Å². The Balaban J connectivity index is 2.33. The van der Waals surface area contributed by atoms with Crippen LogP contribution in [0.3, 0.4) is 0 Å². The molecule has 0 aliphatic carbocycles. The molecule has 0 bridgehead atoms. The second kappa shape index (κ2) is 4.75. The van der Waals surface area contributed by atoms with E-state index in [-0.39, 0.29) is 11.1 Å². The molecule has 1 amide bonds. The lowest BCUT2D eigenvalue weighted by atomic mass is 10.2. The first kappa shape index (κ1) is 11.9. The zero-order valence-corrected chi connectivity index (χ0v) is 9.54. The molecule has 0 unspecified atom stereocenters. The van der Waals surface area contributed by atoms with Crippen molar-refractivity contribution in [2.24, 2.45) is 5.73 Å². The summed E-state index contributed by atoms with van der Waals surface area (Å²) >= 11 is 0. The summed E-state index contributed by atoms with van der Waals surface area (Å²) in [4.78, 5) is 22.1. The SMILES string of the molecule is NC(=O)c1cn(Cc2ccccc2)cc1C(=O)O. The van der Waals surface area contributed by atoms with E-state index in [1.165, 1.54) is 12.4 Å². The number of carboxylic acid groups (broad SMARTS) is 1. The van der Waals surface area contributed by atoms with Crippen LogP contribution >= 0.6 is 0 Å². The highest BCUT2D eigenvalue weighted by Crippen LogP contribution is 2.12. The highest BCUT2D eigenvalue weighted by atomic mass is 16.4. The number of hydrogen-bond donors (Lipinski definition) is 2. The fourth-order valence-electron chi connectivity index (χ4n) is 1.76. The zero-order valence-electron chi connectivity index (χ0n) is 9.54. The van der Waals surface area contributed by atoms with Crippen LogP contribution in [0.4, 0.5) is 0 Å². The van der Waals surface area contributed by atoms with Gasteiger partial charge in [-0.1, -0.05) is 30.3 Å². The van der Waals surface area contributed by atoms with Gasteiger partial charge in [0.05, 0.1) is 11.1 Å². The largest absolute Gasteiger partial charge is 0.478 e. The number of amides is 1. The lowest BCUT2D eigenvalue weighted by Gasteiger charge is -2.01. The third-order valence-corrected chi connectivity index (χ3v) is 2.58. The van der Waals surface area contributed by atoms with Crippen LogP contribution in [0.5, 0.6) is 0 Å². The number of benzene rings is 1. The maximum absolute atomic E-state index is 11.1. The van der Waals surface area contributed by atoms with Gasteiger partial charge in [-0.3, -0.25) is 4.79 Å². The smallest absolute Gasteiger partial charge is 0.338 e. The van der Waals surface area contributed by atoms with E-state index in [0.29, 0.717) is 6.54 Å². The van der Waals surface area contributed by atoms with Crippen LogP contribution in [-0.4, -0.2) is 21.6 Å². The van der Waals surface area contributed by atoms with Crippen molar-refractivity contribution in [3.63, 3.8) is 0 Å². The molecule has 5 heteroatoms. The van der Waals surface area contributed by atoms with Crippen molar-refractivity contribution in [2.45, 2.75) is 6.54 Å². The van der Waals surface area contributed by atoms with Gasteiger partial charge in [-0.25, -0.2) is 4.79 Å². The summed E-state index contributed by atoms with van der Waals surface area (Å²) in [7, 11) is 0. The molecule has 0 fully saturated rings.